The Morgan fingerprint density at radius 1 is 1.03 bits per heavy atom. The molecule has 0 aliphatic rings. The normalized spacial score (nSPS) is 10.4. The lowest BCUT2D eigenvalue weighted by molar-refractivity contribution is 0.0587. The number of methoxy groups -OCH3 is 2. The highest BCUT2D eigenvalue weighted by Crippen LogP contribution is 2.30. The zero-order valence-corrected chi connectivity index (χ0v) is 17.9. The molecule has 30 heavy (non-hydrogen) atoms. The number of carbonyl (C=O) groups is 3. The lowest BCUT2D eigenvalue weighted by Crippen LogP contribution is -2.16. The minimum atomic E-state index is -0.651. The molecule has 7 nitrogen and oxygen atoms in total. The molecular formula is C21H17ClN2O5S. The lowest BCUT2D eigenvalue weighted by Gasteiger charge is -2.11. The van der Waals surface area contributed by atoms with E-state index in [2.05, 4.69) is 10.3 Å². The van der Waals surface area contributed by atoms with E-state index in [0.717, 1.165) is 5.56 Å². The fourth-order valence-corrected chi connectivity index (χ4v) is 3.86. The molecule has 0 bridgehead atoms. The van der Waals surface area contributed by atoms with Gasteiger partial charge in [0, 0.05) is 10.6 Å². The third-order valence-electron chi connectivity index (χ3n) is 4.17. The van der Waals surface area contributed by atoms with Crippen LogP contribution >= 0.6 is 22.9 Å². The van der Waals surface area contributed by atoms with E-state index in [-0.39, 0.29) is 16.8 Å². The fraction of sp³-hybridized carbons (Fsp3) is 0.143. The third-order valence-corrected chi connectivity index (χ3v) is 5.61. The molecule has 0 unspecified atom stereocenters. The Balaban J connectivity index is 1.95. The van der Waals surface area contributed by atoms with Crippen LogP contribution in [0.15, 0.2) is 42.5 Å². The van der Waals surface area contributed by atoms with Crippen LogP contribution in [-0.2, 0) is 9.47 Å². The summed E-state index contributed by atoms with van der Waals surface area (Å²) < 4.78 is 9.46. The smallest absolute Gasteiger partial charge is 0.339 e. The zero-order chi connectivity index (χ0) is 21.8. The number of hydrogen-bond acceptors (Lipinski definition) is 7. The Bertz CT molecular complexity index is 1140. The molecule has 0 saturated heterocycles. The Kier molecular flexibility index (Phi) is 6.49. The SMILES string of the molecule is COC(=O)c1ccc(C(=O)OC)c(NC(=O)c2sc(-c3cccc(Cl)c3)nc2C)c1. The van der Waals surface area contributed by atoms with Crippen molar-refractivity contribution in [2.24, 2.45) is 0 Å². The monoisotopic (exact) mass is 444 g/mol. The van der Waals surface area contributed by atoms with Gasteiger partial charge in [0.25, 0.3) is 5.91 Å². The van der Waals surface area contributed by atoms with Crippen molar-refractivity contribution in [3.8, 4) is 10.6 Å². The van der Waals surface area contributed by atoms with Crippen molar-refractivity contribution in [1.82, 2.24) is 4.98 Å². The van der Waals surface area contributed by atoms with Crippen LogP contribution in [0.1, 0.15) is 36.1 Å². The Labute approximate surface area is 181 Å². The van der Waals surface area contributed by atoms with Gasteiger partial charge in [0.1, 0.15) is 9.88 Å². The van der Waals surface area contributed by atoms with Gasteiger partial charge in [-0.3, -0.25) is 4.79 Å². The van der Waals surface area contributed by atoms with Crippen molar-refractivity contribution in [2.75, 3.05) is 19.5 Å². The number of carbonyl (C=O) groups excluding carboxylic acids is 3. The minimum Gasteiger partial charge on any atom is -0.465 e. The maximum Gasteiger partial charge on any atom is 0.339 e. The van der Waals surface area contributed by atoms with E-state index >= 15 is 0 Å². The number of nitrogens with one attached hydrogen (secondary N) is 1. The second kappa shape index (κ2) is 9.06. The quantitative estimate of drug-likeness (QED) is 0.578. The molecule has 1 amide bonds. The number of benzene rings is 2. The van der Waals surface area contributed by atoms with Crippen molar-refractivity contribution >= 4 is 46.5 Å². The molecule has 0 aliphatic carbocycles. The van der Waals surface area contributed by atoms with E-state index in [9.17, 15) is 14.4 Å². The second-order valence-electron chi connectivity index (χ2n) is 6.14. The van der Waals surface area contributed by atoms with Crippen molar-refractivity contribution < 1.29 is 23.9 Å². The molecule has 2 aromatic carbocycles. The van der Waals surface area contributed by atoms with E-state index in [4.69, 9.17) is 21.1 Å². The lowest BCUT2D eigenvalue weighted by atomic mass is 10.1. The Morgan fingerprint density at radius 3 is 2.43 bits per heavy atom. The largest absolute Gasteiger partial charge is 0.465 e. The van der Waals surface area contributed by atoms with Crippen LogP contribution in [0.4, 0.5) is 5.69 Å². The van der Waals surface area contributed by atoms with Gasteiger partial charge in [0.15, 0.2) is 0 Å². The molecule has 1 aromatic heterocycles. The molecule has 3 aromatic rings. The zero-order valence-electron chi connectivity index (χ0n) is 16.3. The first-order valence-electron chi connectivity index (χ1n) is 8.69. The van der Waals surface area contributed by atoms with E-state index in [1.807, 2.05) is 6.07 Å². The number of aryl methyl sites for hydroxylation is 1. The second-order valence-corrected chi connectivity index (χ2v) is 7.58. The average molecular weight is 445 g/mol. The van der Waals surface area contributed by atoms with Gasteiger partial charge in [-0.15, -0.1) is 11.3 Å². The molecule has 0 spiro atoms. The van der Waals surface area contributed by atoms with Crippen LogP contribution in [0.25, 0.3) is 10.6 Å². The van der Waals surface area contributed by atoms with Crippen molar-refractivity contribution in [3.63, 3.8) is 0 Å². The highest BCUT2D eigenvalue weighted by molar-refractivity contribution is 7.17. The summed E-state index contributed by atoms with van der Waals surface area (Å²) in [6.45, 7) is 1.71. The molecule has 154 valence electrons. The number of anilines is 1. The van der Waals surface area contributed by atoms with Crippen LogP contribution in [0.3, 0.4) is 0 Å². The molecule has 0 radical (unpaired) electrons. The van der Waals surface area contributed by atoms with Crippen LogP contribution in [0, 0.1) is 6.92 Å². The number of halogens is 1. The summed E-state index contributed by atoms with van der Waals surface area (Å²) >= 11 is 7.23. The van der Waals surface area contributed by atoms with Gasteiger partial charge in [-0.05, 0) is 37.3 Å². The maximum absolute atomic E-state index is 12.9. The van der Waals surface area contributed by atoms with E-state index in [1.165, 1.54) is 43.8 Å². The highest BCUT2D eigenvalue weighted by Gasteiger charge is 2.21. The summed E-state index contributed by atoms with van der Waals surface area (Å²) in [5.74, 6) is -1.72. The van der Waals surface area contributed by atoms with E-state index in [1.54, 1.807) is 25.1 Å². The molecule has 9 heteroatoms. The number of rotatable bonds is 5. The van der Waals surface area contributed by atoms with E-state index < -0.39 is 17.8 Å². The molecule has 1 N–H and O–H groups in total. The molecule has 3 rings (SSSR count). The van der Waals surface area contributed by atoms with Crippen molar-refractivity contribution in [2.45, 2.75) is 6.92 Å². The van der Waals surface area contributed by atoms with Crippen LogP contribution in [0.5, 0.6) is 0 Å². The standard InChI is InChI=1S/C21H17ClN2O5S/c1-11-17(30-19(23-11)12-5-4-6-14(22)9-12)18(25)24-16-10-13(20(26)28-2)7-8-15(16)21(27)29-3/h4-10H,1-3H3,(H,24,25). The predicted octanol–water partition coefficient (Wildman–Crippen LogP) is 4.60. The topological polar surface area (TPSA) is 94.6 Å². The molecule has 0 aliphatic heterocycles. The fourth-order valence-electron chi connectivity index (χ4n) is 2.71. The molecule has 0 saturated carbocycles. The molecule has 0 atom stereocenters. The number of hydrogen-bond donors (Lipinski definition) is 1. The number of thiazole rings is 1. The third kappa shape index (κ3) is 4.50. The van der Waals surface area contributed by atoms with Crippen LogP contribution in [-0.4, -0.2) is 37.0 Å². The van der Waals surface area contributed by atoms with E-state index in [0.29, 0.717) is 20.6 Å². The minimum absolute atomic E-state index is 0.107. The molecular weight excluding hydrogens is 428 g/mol. The van der Waals surface area contributed by atoms with Gasteiger partial charge in [-0.1, -0.05) is 23.7 Å². The predicted molar refractivity (Wildman–Crippen MR) is 114 cm³/mol. The van der Waals surface area contributed by atoms with Gasteiger partial charge in [0.2, 0.25) is 0 Å². The highest BCUT2D eigenvalue weighted by atomic mass is 35.5. The summed E-state index contributed by atoms with van der Waals surface area (Å²) in [6, 6.07) is 11.3. The number of amides is 1. The number of ether oxygens (including phenoxy) is 2. The van der Waals surface area contributed by atoms with Gasteiger partial charge in [-0.25, -0.2) is 14.6 Å². The van der Waals surface area contributed by atoms with Gasteiger partial charge in [-0.2, -0.15) is 0 Å². The summed E-state index contributed by atoms with van der Waals surface area (Å²) in [6.07, 6.45) is 0. The van der Waals surface area contributed by atoms with Crippen molar-refractivity contribution in [1.29, 1.82) is 0 Å². The van der Waals surface area contributed by atoms with Crippen LogP contribution < -0.4 is 5.32 Å². The Morgan fingerprint density at radius 2 is 1.77 bits per heavy atom. The number of aromatic nitrogens is 1. The van der Waals surface area contributed by atoms with Crippen LogP contribution in [0.2, 0.25) is 5.02 Å². The summed E-state index contributed by atoms with van der Waals surface area (Å²) in [7, 11) is 2.47. The van der Waals surface area contributed by atoms with Crippen molar-refractivity contribution in [3.05, 3.63) is 69.2 Å². The maximum atomic E-state index is 12.9. The first-order chi connectivity index (χ1) is 14.3. The first-order valence-corrected chi connectivity index (χ1v) is 9.89. The number of nitrogens with zero attached hydrogens (tertiary/aromatic N) is 1. The Hall–Kier alpha value is -3.23. The summed E-state index contributed by atoms with van der Waals surface area (Å²) in [4.78, 5) is 41.7. The summed E-state index contributed by atoms with van der Waals surface area (Å²) in [5.41, 5.74) is 1.73. The summed E-state index contributed by atoms with van der Waals surface area (Å²) in [5, 5.41) is 3.87. The first kappa shape index (κ1) is 21.5. The van der Waals surface area contributed by atoms with Gasteiger partial charge < -0.3 is 14.8 Å². The van der Waals surface area contributed by atoms with Gasteiger partial charge in [0.05, 0.1) is 36.7 Å². The molecule has 0 fully saturated rings. The van der Waals surface area contributed by atoms with Gasteiger partial charge >= 0.3 is 11.9 Å². The molecule has 1 heterocycles. The average Bonchev–Trinajstić information content (AvgIpc) is 3.14. The number of esters is 2.